The number of hydrogen-bond acceptors (Lipinski definition) is 5. The van der Waals surface area contributed by atoms with E-state index in [2.05, 4.69) is 30.9 Å². The van der Waals surface area contributed by atoms with E-state index in [1.54, 1.807) is 12.4 Å². The van der Waals surface area contributed by atoms with Gasteiger partial charge in [-0.15, -0.1) is 0 Å². The SMILES string of the molecule is CCNC(=O)c1nn(CC2CC2)c2c1CN(Cc1cccc3nccnc13)CC2. The molecule has 1 fully saturated rings. The Hall–Kier alpha value is -2.80. The van der Waals surface area contributed by atoms with E-state index >= 15 is 0 Å². The molecule has 29 heavy (non-hydrogen) atoms. The molecule has 0 spiro atoms. The second-order valence-electron chi connectivity index (χ2n) is 8.06. The zero-order valence-electron chi connectivity index (χ0n) is 16.8. The molecule has 1 aromatic carbocycles. The van der Waals surface area contributed by atoms with Crippen LogP contribution in [0.2, 0.25) is 0 Å². The number of para-hydroxylation sites is 1. The maximum Gasteiger partial charge on any atom is 0.272 e. The minimum Gasteiger partial charge on any atom is -0.351 e. The summed E-state index contributed by atoms with van der Waals surface area (Å²) in [6, 6.07) is 6.15. The van der Waals surface area contributed by atoms with Gasteiger partial charge in [-0.3, -0.25) is 24.3 Å². The third-order valence-corrected chi connectivity index (χ3v) is 5.87. The first kappa shape index (κ1) is 18.2. The fourth-order valence-corrected chi connectivity index (χ4v) is 4.23. The molecule has 2 aromatic heterocycles. The molecule has 3 heterocycles. The first-order valence-electron chi connectivity index (χ1n) is 10.5. The molecule has 1 aliphatic heterocycles. The Morgan fingerprint density at radius 2 is 2.10 bits per heavy atom. The van der Waals surface area contributed by atoms with Gasteiger partial charge in [0.25, 0.3) is 5.91 Å². The minimum absolute atomic E-state index is 0.0591. The predicted octanol–water partition coefficient (Wildman–Crippen LogP) is 2.54. The first-order valence-corrected chi connectivity index (χ1v) is 10.5. The van der Waals surface area contributed by atoms with E-state index in [9.17, 15) is 4.79 Å². The summed E-state index contributed by atoms with van der Waals surface area (Å²) in [4.78, 5) is 24.0. The standard InChI is InChI=1S/C22H26N6O/c1-2-23-22(29)21-17-14-27(11-8-19(17)28(26-21)12-15-6-7-15)13-16-4-3-5-18-20(16)25-10-9-24-18/h3-5,9-10,15H,2,6-8,11-14H2,1H3,(H,23,29). The Bertz CT molecular complexity index is 1050. The van der Waals surface area contributed by atoms with Gasteiger partial charge >= 0.3 is 0 Å². The molecule has 0 radical (unpaired) electrons. The lowest BCUT2D eigenvalue weighted by Crippen LogP contribution is -2.32. The van der Waals surface area contributed by atoms with E-state index in [1.165, 1.54) is 24.1 Å². The minimum atomic E-state index is -0.0591. The molecule has 1 saturated carbocycles. The Kier molecular flexibility index (Phi) is 4.75. The molecule has 5 rings (SSSR count). The lowest BCUT2D eigenvalue weighted by atomic mass is 10.0. The van der Waals surface area contributed by atoms with Crippen LogP contribution in [0.15, 0.2) is 30.6 Å². The van der Waals surface area contributed by atoms with Gasteiger partial charge in [0.15, 0.2) is 5.69 Å². The number of nitrogens with zero attached hydrogens (tertiary/aromatic N) is 5. The lowest BCUT2D eigenvalue weighted by Gasteiger charge is -2.28. The van der Waals surface area contributed by atoms with Crippen LogP contribution in [0.1, 0.15) is 47.1 Å². The zero-order chi connectivity index (χ0) is 19.8. The number of hydrogen-bond donors (Lipinski definition) is 1. The lowest BCUT2D eigenvalue weighted by molar-refractivity contribution is 0.0947. The van der Waals surface area contributed by atoms with Gasteiger partial charge in [0, 0.05) is 62.8 Å². The highest BCUT2D eigenvalue weighted by molar-refractivity contribution is 5.94. The normalized spacial score (nSPS) is 16.7. The van der Waals surface area contributed by atoms with Crippen LogP contribution in [0, 0.1) is 5.92 Å². The summed E-state index contributed by atoms with van der Waals surface area (Å²) in [7, 11) is 0. The van der Waals surface area contributed by atoms with Crippen molar-refractivity contribution in [2.45, 2.75) is 45.8 Å². The largest absolute Gasteiger partial charge is 0.351 e. The quantitative estimate of drug-likeness (QED) is 0.700. The highest BCUT2D eigenvalue weighted by Crippen LogP contribution is 2.33. The fraction of sp³-hybridized carbons (Fsp3) is 0.455. The average molecular weight is 390 g/mol. The smallest absolute Gasteiger partial charge is 0.272 e. The summed E-state index contributed by atoms with van der Waals surface area (Å²) in [6.07, 6.45) is 6.95. The van der Waals surface area contributed by atoms with E-state index in [1.807, 2.05) is 19.1 Å². The molecule has 7 heteroatoms. The van der Waals surface area contributed by atoms with Crippen LogP contribution in [0.3, 0.4) is 0 Å². The van der Waals surface area contributed by atoms with Gasteiger partial charge in [0.1, 0.15) is 0 Å². The van der Waals surface area contributed by atoms with Crippen LogP contribution >= 0.6 is 0 Å². The second kappa shape index (κ2) is 7.55. The van der Waals surface area contributed by atoms with Crippen molar-refractivity contribution in [3.63, 3.8) is 0 Å². The molecule has 0 atom stereocenters. The number of aromatic nitrogens is 4. The van der Waals surface area contributed by atoms with Gasteiger partial charge in [0.2, 0.25) is 0 Å². The van der Waals surface area contributed by atoms with E-state index < -0.39 is 0 Å². The van der Waals surface area contributed by atoms with E-state index in [0.717, 1.165) is 55.1 Å². The maximum absolute atomic E-state index is 12.6. The van der Waals surface area contributed by atoms with Gasteiger partial charge < -0.3 is 5.32 Å². The summed E-state index contributed by atoms with van der Waals surface area (Å²) in [6.45, 7) is 5.98. The summed E-state index contributed by atoms with van der Waals surface area (Å²) >= 11 is 0. The molecule has 150 valence electrons. The molecule has 0 saturated heterocycles. The van der Waals surface area contributed by atoms with Gasteiger partial charge in [-0.2, -0.15) is 5.10 Å². The Morgan fingerprint density at radius 1 is 1.24 bits per heavy atom. The molecule has 1 amide bonds. The van der Waals surface area contributed by atoms with Crippen LogP contribution in [0.4, 0.5) is 0 Å². The summed E-state index contributed by atoms with van der Waals surface area (Å²) in [5, 5.41) is 7.67. The maximum atomic E-state index is 12.6. The first-order chi connectivity index (χ1) is 14.2. The number of fused-ring (bicyclic) bond motifs is 2. The summed E-state index contributed by atoms with van der Waals surface area (Å²) in [5.74, 6) is 0.671. The summed E-state index contributed by atoms with van der Waals surface area (Å²) < 4.78 is 2.11. The van der Waals surface area contributed by atoms with Crippen molar-refractivity contribution >= 4 is 16.9 Å². The van der Waals surface area contributed by atoms with Crippen molar-refractivity contribution in [1.29, 1.82) is 0 Å². The molecule has 3 aromatic rings. The third kappa shape index (κ3) is 3.62. The molecule has 2 aliphatic rings. The Labute approximate surface area is 170 Å². The molecular weight excluding hydrogens is 364 g/mol. The zero-order valence-corrected chi connectivity index (χ0v) is 16.8. The average Bonchev–Trinajstić information content (AvgIpc) is 3.48. The highest BCUT2D eigenvalue weighted by atomic mass is 16.1. The van der Waals surface area contributed by atoms with Crippen molar-refractivity contribution in [2.24, 2.45) is 5.92 Å². The molecular formula is C22H26N6O. The highest BCUT2D eigenvalue weighted by Gasteiger charge is 2.31. The number of carbonyl (C=O) groups excluding carboxylic acids is 1. The van der Waals surface area contributed by atoms with Gasteiger partial charge in [0.05, 0.1) is 11.0 Å². The fourth-order valence-electron chi connectivity index (χ4n) is 4.23. The second-order valence-corrected chi connectivity index (χ2v) is 8.06. The van der Waals surface area contributed by atoms with Crippen molar-refractivity contribution in [3.8, 4) is 0 Å². The van der Waals surface area contributed by atoms with Crippen molar-refractivity contribution in [2.75, 3.05) is 13.1 Å². The van der Waals surface area contributed by atoms with E-state index in [0.29, 0.717) is 12.2 Å². The molecule has 1 N–H and O–H groups in total. The molecule has 7 nitrogen and oxygen atoms in total. The van der Waals surface area contributed by atoms with Crippen molar-refractivity contribution in [3.05, 3.63) is 53.1 Å². The number of benzene rings is 1. The Morgan fingerprint density at radius 3 is 2.93 bits per heavy atom. The van der Waals surface area contributed by atoms with Gasteiger partial charge in [-0.05, 0) is 37.3 Å². The van der Waals surface area contributed by atoms with Gasteiger partial charge in [-0.25, -0.2) is 0 Å². The molecule has 0 unspecified atom stereocenters. The Balaban J connectivity index is 1.43. The van der Waals surface area contributed by atoms with E-state index in [-0.39, 0.29) is 5.91 Å². The number of amides is 1. The van der Waals surface area contributed by atoms with Crippen LogP contribution in [-0.2, 0) is 26.1 Å². The third-order valence-electron chi connectivity index (χ3n) is 5.87. The number of carbonyl (C=O) groups is 1. The number of rotatable bonds is 6. The number of nitrogens with one attached hydrogen (secondary N) is 1. The monoisotopic (exact) mass is 390 g/mol. The van der Waals surface area contributed by atoms with Crippen LogP contribution in [0.5, 0.6) is 0 Å². The predicted molar refractivity (Wildman–Crippen MR) is 110 cm³/mol. The molecule has 1 aliphatic carbocycles. The van der Waals surface area contributed by atoms with Crippen LogP contribution in [0.25, 0.3) is 11.0 Å². The van der Waals surface area contributed by atoms with Crippen molar-refractivity contribution < 1.29 is 4.79 Å². The van der Waals surface area contributed by atoms with E-state index in [4.69, 9.17) is 5.10 Å². The van der Waals surface area contributed by atoms with Crippen LogP contribution < -0.4 is 5.32 Å². The summed E-state index contributed by atoms with van der Waals surface area (Å²) in [5.41, 5.74) is 5.98. The molecule has 0 bridgehead atoms. The topological polar surface area (TPSA) is 75.9 Å². The van der Waals surface area contributed by atoms with Crippen molar-refractivity contribution in [1.82, 2.24) is 30.0 Å². The van der Waals surface area contributed by atoms with Crippen LogP contribution in [-0.4, -0.2) is 43.6 Å². The van der Waals surface area contributed by atoms with Gasteiger partial charge in [-0.1, -0.05) is 12.1 Å².